The maximum atomic E-state index is 11.7. The zero-order valence-electron chi connectivity index (χ0n) is 12.6. The molecule has 0 aromatic heterocycles. The number of nitrogens with two attached hydrogens (primary N) is 1. The van der Waals surface area contributed by atoms with Crippen molar-refractivity contribution in [2.24, 2.45) is 0 Å². The van der Waals surface area contributed by atoms with Crippen molar-refractivity contribution in [3.05, 3.63) is 65.7 Å². The van der Waals surface area contributed by atoms with Crippen LogP contribution in [0.3, 0.4) is 0 Å². The molecule has 0 aliphatic rings. The molecule has 2 aromatic rings. The molecule has 0 bridgehead atoms. The second kappa shape index (κ2) is 8.85. The fourth-order valence-electron chi connectivity index (χ4n) is 2.05. The Hall–Kier alpha value is -2.33. The molecule has 0 heterocycles. The van der Waals surface area contributed by atoms with E-state index in [9.17, 15) is 4.79 Å². The van der Waals surface area contributed by atoms with Gasteiger partial charge in [-0.3, -0.25) is 4.79 Å². The highest BCUT2D eigenvalue weighted by Crippen LogP contribution is 2.05. The smallest absolute Gasteiger partial charge is 0.222 e. The molecule has 0 saturated heterocycles. The van der Waals surface area contributed by atoms with E-state index in [0.29, 0.717) is 26.2 Å². The van der Waals surface area contributed by atoms with Crippen LogP contribution >= 0.6 is 0 Å². The Bertz CT molecular complexity index is 567. The summed E-state index contributed by atoms with van der Waals surface area (Å²) in [4.78, 5) is 11.7. The molecule has 0 unspecified atom stereocenters. The van der Waals surface area contributed by atoms with Gasteiger partial charge in [-0.05, 0) is 29.7 Å². The average Bonchev–Trinajstić information content (AvgIpc) is 2.54. The Morgan fingerprint density at radius 3 is 2.45 bits per heavy atom. The first-order chi connectivity index (χ1) is 10.7. The van der Waals surface area contributed by atoms with Gasteiger partial charge in [0.15, 0.2) is 0 Å². The number of carbonyl (C=O) groups is 1. The molecule has 4 nitrogen and oxygen atoms in total. The highest BCUT2D eigenvalue weighted by Gasteiger charge is 2.01. The van der Waals surface area contributed by atoms with Gasteiger partial charge in [-0.2, -0.15) is 0 Å². The largest absolute Gasteiger partial charge is 0.399 e. The standard InChI is InChI=1S/C18H22N2O2/c19-17-8-6-15(7-9-17)10-12-20-18(21)11-13-22-14-16-4-2-1-3-5-16/h1-9H,10-14,19H2,(H,20,21). The van der Waals surface area contributed by atoms with Crippen LogP contribution in [0.25, 0.3) is 0 Å². The molecule has 0 aliphatic heterocycles. The van der Waals surface area contributed by atoms with Gasteiger partial charge >= 0.3 is 0 Å². The lowest BCUT2D eigenvalue weighted by atomic mass is 10.1. The summed E-state index contributed by atoms with van der Waals surface area (Å²) in [6, 6.07) is 17.6. The highest BCUT2D eigenvalue weighted by atomic mass is 16.5. The number of rotatable bonds is 8. The lowest BCUT2D eigenvalue weighted by Crippen LogP contribution is -2.26. The number of ether oxygens (including phenoxy) is 1. The molecule has 0 radical (unpaired) electrons. The van der Waals surface area contributed by atoms with Gasteiger partial charge in [0.1, 0.15) is 0 Å². The monoisotopic (exact) mass is 298 g/mol. The summed E-state index contributed by atoms with van der Waals surface area (Å²) in [6.07, 6.45) is 1.19. The Morgan fingerprint density at radius 2 is 1.73 bits per heavy atom. The predicted octanol–water partition coefficient (Wildman–Crippen LogP) is 2.53. The highest BCUT2D eigenvalue weighted by molar-refractivity contribution is 5.75. The van der Waals surface area contributed by atoms with Crippen molar-refractivity contribution in [2.45, 2.75) is 19.4 Å². The van der Waals surface area contributed by atoms with Crippen molar-refractivity contribution in [1.29, 1.82) is 0 Å². The Labute approximate surface area is 131 Å². The zero-order chi connectivity index (χ0) is 15.6. The van der Waals surface area contributed by atoms with Crippen LogP contribution in [0.1, 0.15) is 17.5 Å². The lowest BCUT2D eigenvalue weighted by molar-refractivity contribution is -0.122. The number of nitrogens with one attached hydrogen (secondary N) is 1. The summed E-state index contributed by atoms with van der Waals surface area (Å²) >= 11 is 0. The van der Waals surface area contributed by atoms with Crippen molar-refractivity contribution in [3.8, 4) is 0 Å². The second-order valence-corrected chi connectivity index (χ2v) is 5.13. The fourth-order valence-corrected chi connectivity index (χ4v) is 2.05. The van der Waals surface area contributed by atoms with Gasteiger partial charge in [0.25, 0.3) is 0 Å². The summed E-state index contributed by atoms with van der Waals surface area (Å²) in [5.74, 6) is 0.0171. The number of amides is 1. The van der Waals surface area contributed by atoms with E-state index in [1.807, 2.05) is 54.6 Å². The summed E-state index contributed by atoms with van der Waals surface area (Å²) in [5, 5.41) is 2.89. The van der Waals surface area contributed by atoms with E-state index < -0.39 is 0 Å². The normalized spacial score (nSPS) is 10.4. The van der Waals surface area contributed by atoms with Crippen molar-refractivity contribution in [2.75, 3.05) is 18.9 Å². The summed E-state index contributed by atoms with van der Waals surface area (Å²) in [6.45, 7) is 1.60. The molecule has 0 fully saturated rings. The molecule has 116 valence electrons. The first kappa shape index (κ1) is 16.0. The van der Waals surface area contributed by atoms with Gasteiger partial charge in [0.2, 0.25) is 5.91 Å². The van der Waals surface area contributed by atoms with Crippen LogP contribution in [0.4, 0.5) is 5.69 Å². The number of hydrogen-bond donors (Lipinski definition) is 2. The van der Waals surface area contributed by atoms with Crippen LogP contribution in [0, 0.1) is 0 Å². The maximum absolute atomic E-state index is 11.7. The van der Waals surface area contributed by atoms with Crippen molar-refractivity contribution in [3.63, 3.8) is 0 Å². The van der Waals surface area contributed by atoms with Gasteiger partial charge in [-0.1, -0.05) is 42.5 Å². The molecule has 1 amide bonds. The Balaban J connectivity index is 1.55. The molecule has 2 rings (SSSR count). The Kier molecular flexibility index (Phi) is 6.45. The third-order valence-corrected chi connectivity index (χ3v) is 3.30. The summed E-state index contributed by atoms with van der Waals surface area (Å²) in [7, 11) is 0. The number of nitrogen functional groups attached to an aromatic ring is 1. The van der Waals surface area contributed by atoms with E-state index in [4.69, 9.17) is 10.5 Å². The van der Waals surface area contributed by atoms with E-state index in [1.54, 1.807) is 0 Å². The molecular weight excluding hydrogens is 276 g/mol. The van der Waals surface area contributed by atoms with Crippen LogP contribution < -0.4 is 11.1 Å². The van der Waals surface area contributed by atoms with E-state index >= 15 is 0 Å². The van der Waals surface area contributed by atoms with Gasteiger partial charge < -0.3 is 15.8 Å². The molecule has 3 N–H and O–H groups in total. The van der Waals surface area contributed by atoms with E-state index in [1.165, 1.54) is 0 Å². The third-order valence-electron chi connectivity index (χ3n) is 3.30. The minimum Gasteiger partial charge on any atom is -0.399 e. The molecule has 0 spiro atoms. The SMILES string of the molecule is Nc1ccc(CCNC(=O)CCOCc2ccccc2)cc1. The molecule has 22 heavy (non-hydrogen) atoms. The van der Waals surface area contributed by atoms with Crippen LogP contribution in [-0.4, -0.2) is 19.1 Å². The topological polar surface area (TPSA) is 64.3 Å². The lowest BCUT2D eigenvalue weighted by Gasteiger charge is -2.07. The first-order valence-corrected chi connectivity index (χ1v) is 7.47. The first-order valence-electron chi connectivity index (χ1n) is 7.47. The van der Waals surface area contributed by atoms with Crippen molar-refractivity contribution >= 4 is 11.6 Å². The van der Waals surface area contributed by atoms with Crippen LogP contribution in [0.2, 0.25) is 0 Å². The molecule has 0 saturated carbocycles. The minimum atomic E-state index is 0.0171. The third kappa shape index (κ3) is 5.97. The summed E-state index contributed by atoms with van der Waals surface area (Å²) < 4.78 is 5.49. The quantitative estimate of drug-likeness (QED) is 0.581. The average molecular weight is 298 g/mol. The number of hydrogen-bond acceptors (Lipinski definition) is 3. The second-order valence-electron chi connectivity index (χ2n) is 5.13. The Morgan fingerprint density at radius 1 is 1.00 bits per heavy atom. The number of carbonyl (C=O) groups excluding carboxylic acids is 1. The van der Waals surface area contributed by atoms with Crippen LogP contribution in [0.15, 0.2) is 54.6 Å². The molecule has 2 aromatic carbocycles. The number of benzene rings is 2. The number of anilines is 1. The molecule has 0 aliphatic carbocycles. The zero-order valence-corrected chi connectivity index (χ0v) is 12.6. The summed E-state index contributed by atoms with van der Waals surface area (Å²) in [5.41, 5.74) is 8.66. The van der Waals surface area contributed by atoms with Crippen molar-refractivity contribution in [1.82, 2.24) is 5.32 Å². The van der Waals surface area contributed by atoms with Gasteiger partial charge in [-0.25, -0.2) is 0 Å². The molecule has 4 heteroatoms. The van der Waals surface area contributed by atoms with Crippen molar-refractivity contribution < 1.29 is 9.53 Å². The maximum Gasteiger partial charge on any atom is 0.222 e. The minimum absolute atomic E-state index is 0.0171. The van der Waals surface area contributed by atoms with Crippen LogP contribution in [0.5, 0.6) is 0 Å². The van der Waals surface area contributed by atoms with E-state index in [0.717, 1.165) is 23.2 Å². The van der Waals surface area contributed by atoms with Gasteiger partial charge in [0.05, 0.1) is 13.2 Å². The van der Waals surface area contributed by atoms with E-state index in [-0.39, 0.29) is 5.91 Å². The van der Waals surface area contributed by atoms with Crippen LogP contribution in [-0.2, 0) is 22.6 Å². The van der Waals surface area contributed by atoms with E-state index in [2.05, 4.69) is 5.32 Å². The predicted molar refractivity (Wildman–Crippen MR) is 88.3 cm³/mol. The van der Waals surface area contributed by atoms with Gasteiger partial charge in [-0.15, -0.1) is 0 Å². The van der Waals surface area contributed by atoms with Gasteiger partial charge in [0, 0.05) is 18.7 Å². The molecule has 0 atom stereocenters. The molecular formula is C18H22N2O2. The fraction of sp³-hybridized carbons (Fsp3) is 0.278.